The van der Waals surface area contributed by atoms with Crippen molar-refractivity contribution in [2.75, 3.05) is 14.2 Å². The Bertz CT molecular complexity index is 582. The number of carbonyl (C=O) groups is 1. The number of nitrogens with zero attached hydrogens (tertiary/aromatic N) is 1. The number of methoxy groups -OCH3 is 2. The number of carbonyl (C=O) groups excluding carboxylic acids is 1. The molecule has 0 N–H and O–H groups in total. The molecule has 104 valence electrons. The van der Waals surface area contributed by atoms with Crippen LogP contribution in [0.4, 0.5) is 0 Å². The summed E-state index contributed by atoms with van der Waals surface area (Å²) in [6.07, 6.45) is 5.37. The average molecular weight is 271 g/mol. The maximum absolute atomic E-state index is 11.6. The molecule has 2 rings (SSSR count). The van der Waals surface area contributed by atoms with Crippen LogP contribution in [-0.2, 0) is 17.6 Å². The third-order valence-corrected chi connectivity index (χ3v) is 3.12. The van der Waals surface area contributed by atoms with E-state index in [-0.39, 0.29) is 5.97 Å². The highest BCUT2D eigenvalue weighted by Gasteiger charge is 2.12. The zero-order valence-corrected chi connectivity index (χ0v) is 11.6. The van der Waals surface area contributed by atoms with Gasteiger partial charge in [0.05, 0.1) is 14.2 Å². The molecule has 0 atom stereocenters. The van der Waals surface area contributed by atoms with Gasteiger partial charge in [0.15, 0.2) is 0 Å². The number of ether oxygens (including phenoxy) is 2. The lowest BCUT2D eigenvalue weighted by molar-refractivity contribution is 0.0597. The third-order valence-electron chi connectivity index (χ3n) is 3.12. The summed E-state index contributed by atoms with van der Waals surface area (Å²) in [6.45, 7) is 0. The minimum absolute atomic E-state index is 0.387. The van der Waals surface area contributed by atoms with Crippen LogP contribution >= 0.6 is 0 Å². The van der Waals surface area contributed by atoms with E-state index in [1.165, 1.54) is 12.7 Å². The molecule has 1 aromatic heterocycles. The van der Waals surface area contributed by atoms with Gasteiger partial charge >= 0.3 is 5.97 Å². The van der Waals surface area contributed by atoms with E-state index in [1.807, 2.05) is 24.3 Å². The van der Waals surface area contributed by atoms with Crippen LogP contribution in [0, 0.1) is 0 Å². The number of hydrogen-bond acceptors (Lipinski definition) is 4. The van der Waals surface area contributed by atoms with Gasteiger partial charge in [0.1, 0.15) is 11.3 Å². The Hall–Kier alpha value is -2.36. The van der Waals surface area contributed by atoms with E-state index in [0.29, 0.717) is 11.3 Å². The van der Waals surface area contributed by atoms with Crippen molar-refractivity contribution < 1.29 is 14.3 Å². The number of pyridine rings is 1. The van der Waals surface area contributed by atoms with Gasteiger partial charge in [-0.3, -0.25) is 4.98 Å². The van der Waals surface area contributed by atoms with Crippen LogP contribution in [0.3, 0.4) is 0 Å². The van der Waals surface area contributed by atoms with Crippen LogP contribution in [-0.4, -0.2) is 25.2 Å². The van der Waals surface area contributed by atoms with Crippen molar-refractivity contribution in [1.82, 2.24) is 4.98 Å². The molecule has 0 saturated heterocycles. The van der Waals surface area contributed by atoms with E-state index in [2.05, 4.69) is 4.98 Å². The summed E-state index contributed by atoms with van der Waals surface area (Å²) in [5.41, 5.74) is 2.80. The molecule has 0 saturated carbocycles. The number of rotatable bonds is 5. The van der Waals surface area contributed by atoms with Crippen LogP contribution < -0.4 is 4.74 Å². The quantitative estimate of drug-likeness (QED) is 0.784. The Morgan fingerprint density at radius 3 is 2.40 bits per heavy atom. The van der Waals surface area contributed by atoms with Crippen LogP contribution in [0.15, 0.2) is 42.7 Å². The SMILES string of the molecule is COC(=O)c1ccc(CCc2ccncc2)cc1OC. The molecule has 0 aliphatic heterocycles. The Morgan fingerprint density at radius 2 is 1.75 bits per heavy atom. The van der Waals surface area contributed by atoms with Crippen molar-refractivity contribution in [3.05, 3.63) is 59.4 Å². The molecule has 2 aromatic rings. The van der Waals surface area contributed by atoms with Crippen LogP contribution in [0.25, 0.3) is 0 Å². The van der Waals surface area contributed by atoms with Crippen molar-refractivity contribution in [3.63, 3.8) is 0 Å². The second kappa shape index (κ2) is 6.70. The molecule has 0 amide bonds. The minimum atomic E-state index is -0.387. The maximum atomic E-state index is 11.6. The van der Waals surface area contributed by atoms with Crippen molar-refractivity contribution in [1.29, 1.82) is 0 Å². The van der Waals surface area contributed by atoms with E-state index < -0.39 is 0 Å². The fraction of sp³-hybridized carbons (Fsp3) is 0.250. The summed E-state index contributed by atoms with van der Waals surface area (Å²) in [4.78, 5) is 15.6. The molecule has 0 aliphatic rings. The number of esters is 1. The second-order valence-electron chi connectivity index (χ2n) is 4.38. The summed E-state index contributed by atoms with van der Waals surface area (Å²) in [6, 6.07) is 9.55. The van der Waals surface area contributed by atoms with Gasteiger partial charge in [0, 0.05) is 12.4 Å². The molecule has 0 aliphatic carbocycles. The minimum Gasteiger partial charge on any atom is -0.496 e. The smallest absolute Gasteiger partial charge is 0.341 e. The summed E-state index contributed by atoms with van der Waals surface area (Å²) in [5.74, 6) is 0.159. The molecule has 20 heavy (non-hydrogen) atoms. The summed E-state index contributed by atoms with van der Waals surface area (Å²) >= 11 is 0. The molecule has 0 unspecified atom stereocenters. The lowest BCUT2D eigenvalue weighted by atomic mass is 10.0. The Balaban J connectivity index is 2.12. The summed E-state index contributed by atoms with van der Waals surface area (Å²) in [5, 5.41) is 0. The highest BCUT2D eigenvalue weighted by Crippen LogP contribution is 2.22. The van der Waals surface area contributed by atoms with Gasteiger partial charge in [-0.25, -0.2) is 4.79 Å². The highest BCUT2D eigenvalue weighted by atomic mass is 16.5. The van der Waals surface area contributed by atoms with Gasteiger partial charge in [-0.1, -0.05) is 6.07 Å². The largest absolute Gasteiger partial charge is 0.496 e. The van der Waals surface area contributed by atoms with Crippen molar-refractivity contribution >= 4 is 5.97 Å². The van der Waals surface area contributed by atoms with Gasteiger partial charge in [-0.15, -0.1) is 0 Å². The van der Waals surface area contributed by atoms with Gasteiger partial charge < -0.3 is 9.47 Å². The topological polar surface area (TPSA) is 48.4 Å². The Kier molecular flexibility index (Phi) is 4.71. The lowest BCUT2D eigenvalue weighted by Gasteiger charge is -2.09. The van der Waals surface area contributed by atoms with Crippen molar-refractivity contribution in [3.8, 4) is 5.75 Å². The van der Waals surface area contributed by atoms with E-state index in [0.717, 1.165) is 18.4 Å². The van der Waals surface area contributed by atoms with E-state index in [9.17, 15) is 4.79 Å². The Labute approximate surface area is 118 Å². The molecule has 0 bridgehead atoms. The number of benzene rings is 1. The van der Waals surface area contributed by atoms with Crippen molar-refractivity contribution in [2.24, 2.45) is 0 Å². The number of aromatic nitrogens is 1. The molecule has 0 radical (unpaired) electrons. The first-order valence-electron chi connectivity index (χ1n) is 6.38. The van der Waals surface area contributed by atoms with Gasteiger partial charge in [0.25, 0.3) is 0 Å². The van der Waals surface area contributed by atoms with Crippen LogP contribution in [0.2, 0.25) is 0 Å². The molecular formula is C16H17NO3. The summed E-state index contributed by atoms with van der Waals surface area (Å²) in [7, 11) is 2.91. The molecule has 0 spiro atoms. The first-order valence-corrected chi connectivity index (χ1v) is 6.38. The lowest BCUT2D eigenvalue weighted by Crippen LogP contribution is -2.04. The maximum Gasteiger partial charge on any atom is 0.341 e. The van der Waals surface area contributed by atoms with Crippen LogP contribution in [0.5, 0.6) is 5.75 Å². The van der Waals surface area contributed by atoms with Gasteiger partial charge in [-0.05, 0) is 48.2 Å². The Morgan fingerprint density at radius 1 is 1.05 bits per heavy atom. The van der Waals surface area contributed by atoms with Crippen molar-refractivity contribution in [2.45, 2.75) is 12.8 Å². The predicted octanol–water partition coefficient (Wildman–Crippen LogP) is 2.66. The van der Waals surface area contributed by atoms with E-state index in [4.69, 9.17) is 9.47 Å². The normalized spacial score (nSPS) is 10.1. The standard InChI is InChI=1S/C16H17NO3/c1-19-15-11-13(5-6-14(15)16(18)20-2)4-3-12-7-9-17-10-8-12/h5-11H,3-4H2,1-2H3. The number of hydrogen-bond donors (Lipinski definition) is 0. The van der Waals surface area contributed by atoms with Crippen LogP contribution in [0.1, 0.15) is 21.5 Å². The molecule has 4 heteroatoms. The fourth-order valence-corrected chi connectivity index (χ4v) is 2.01. The fourth-order valence-electron chi connectivity index (χ4n) is 2.01. The van der Waals surface area contributed by atoms with E-state index in [1.54, 1.807) is 25.6 Å². The first kappa shape index (κ1) is 14.1. The predicted molar refractivity (Wildman–Crippen MR) is 76.0 cm³/mol. The number of aryl methyl sites for hydroxylation is 2. The third kappa shape index (κ3) is 3.35. The average Bonchev–Trinajstić information content (AvgIpc) is 2.52. The first-order chi connectivity index (χ1) is 9.74. The molecular weight excluding hydrogens is 254 g/mol. The molecule has 1 heterocycles. The van der Waals surface area contributed by atoms with Gasteiger partial charge in [0.2, 0.25) is 0 Å². The zero-order valence-electron chi connectivity index (χ0n) is 11.6. The van der Waals surface area contributed by atoms with E-state index >= 15 is 0 Å². The zero-order chi connectivity index (χ0) is 14.4. The van der Waals surface area contributed by atoms with Gasteiger partial charge in [-0.2, -0.15) is 0 Å². The highest BCUT2D eigenvalue weighted by molar-refractivity contribution is 5.92. The molecule has 4 nitrogen and oxygen atoms in total. The summed E-state index contributed by atoms with van der Waals surface area (Å²) < 4.78 is 9.97. The second-order valence-corrected chi connectivity index (χ2v) is 4.38. The monoisotopic (exact) mass is 271 g/mol. The molecule has 1 aromatic carbocycles. The molecule has 0 fully saturated rings.